The van der Waals surface area contributed by atoms with Gasteiger partial charge in [0.1, 0.15) is 0 Å². The van der Waals surface area contributed by atoms with E-state index in [0.717, 1.165) is 0 Å². The third kappa shape index (κ3) is 1.37. The van der Waals surface area contributed by atoms with E-state index >= 15 is 0 Å². The van der Waals surface area contributed by atoms with Crippen molar-refractivity contribution in [2.24, 2.45) is 0 Å². The van der Waals surface area contributed by atoms with Gasteiger partial charge in [0.05, 0.1) is 5.69 Å². The second-order valence-corrected chi connectivity index (χ2v) is 2.34. The fraction of sp³-hybridized carbons (Fsp3) is 0.250. The van der Waals surface area contributed by atoms with Crippen molar-refractivity contribution in [1.29, 1.82) is 0 Å². The number of hydrogen-bond acceptors (Lipinski definition) is 2. The number of rotatable bonds is 1. The Balaban J connectivity index is 3.16. The number of carbonyl (C=O) groups is 2. The summed E-state index contributed by atoms with van der Waals surface area (Å²) in [5.41, 5.74) is 0.442. The topological polar surface area (TPSA) is 39.1 Å². The molecule has 0 aromatic carbocycles. The average molecular weight is 151 g/mol. The Bertz CT molecular complexity index is 270. The van der Waals surface area contributed by atoms with E-state index in [2.05, 4.69) is 0 Å². The monoisotopic (exact) mass is 151 g/mol. The van der Waals surface area contributed by atoms with Crippen molar-refractivity contribution in [3.05, 3.63) is 24.0 Å². The van der Waals surface area contributed by atoms with E-state index in [0.29, 0.717) is 5.69 Å². The molecule has 0 saturated carbocycles. The Hall–Kier alpha value is -1.38. The Morgan fingerprint density at radius 1 is 1.36 bits per heavy atom. The molecule has 0 aliphatic carbocycles. The number of hydrogen-bond donors (Lipinski definition) is 0. The first-order chi connectivity index (χ1) is 5.13. The Labute approximate surface area is 64.6 Å². The SMILES string of the molecule is CC(=O)c1cccn1C(C)=O. The zero-order valence-corrected chi connectivity index (χ0v) is 6.50. The lowest BCUT2D eigenvalue weighted by Gasteiger charge is -1.99. The van der Waals surface area contributed by atoms with Crippen LogP contribution in [0.4, 0.5) is 0 Å². The largest absolute Gasteiger partial charge is 0.293 e. The minimum atomic E-state index is -0.139. The molecule has 0 N–H and O–H groups in total. The first kappa shape index (κ1) is 7.72. The Kier molecular flexibility index (Phi) is 1.89. The van der Waals surface area contributed by atoms with Gasteiger partial charge in [-0.15, -0.1) is 0 Å². The molecule has 1 aromatic rings. The van der Waals surface area contributed by atoms with E-state index in [9.17, 15) is 9.59 Å². The van der Waals surface area contributed by atoms with Crippen LogP contribution < -0.4 is 0 Å². The lowest BCUT2D eigenvalue weighted by atomic mass is 10.3. The molecule has 0 radical (unpaired) electrons. The van der Waals surface area contributed by atoms with Crippen molar-refractivity contribution < 1.29 is 9.59 Å². The number of carbonyl (C=O) groups excluding carboxylic acids is 2. The highest BCUT2D eigenvalue weighted by Crippen LogP contribution is 2.02. The van der Waals surface area contributed by atoms with Crippen molar-refractivity contribution in [2.45, 2.75) is 13.8 Å². The van der Waals surface area contributed by atoms with Crippen molar-refractivity contribution >= 4 is 11.7 Å². The fourth-order valence-corrected chi connectivity index (χ4v) is 0.942. The third-order valence-electron chi connectivity index (χ3n) is 1.45. The molecule has 3 heteroatoms. The molecule has 0 unspecified atom stereocenters. The normalized spacial score (nSPS) is 9.64. The smallest absolute Gasteiger partial charge is 0.228 e. The van der Waals surface area contributed by atoms with Crippen LogP contribution in [-0.4, -0.2) is 16.3 Å². The lowest BCUT2D eigenvalue weighted by molar-refractivity contribution is 0.0909. The van der Waals surface area contributed by atoms with E-state index in [1.807, 2.05) is 0 Å². The van der Waals surface area contributed by atoms with Gasteiger partial charge in [-0.3, -0.25) is 14.2 Å². The van der Waals surface area contributed by atoms with Crippen molar-refractivity contribution in [1.82, 2.24) is 4.57 Å². The minimum absolute atomic E-state index is 0.0924. The molecule has 11 heavy (non-hydrogen) atoms. The van der Waals surface area contributed by atoms with Crippen LogP contribution in [0.1, 0.15) is 29.1 Å². The predicted octanol–water partition coefficient (Wildman–Crippen LogP) is 1.35. The second-order valence-electron chi connectivity index (χ2n) is 2.34. The number of Topliss-reactive ketones (excluding diaryl/α,β-unsaturated/α-hetero) is 1. The van der Waals surface area contributed by atoms with Gasteiger partial charge in [-0.25, -0.2) is 0 Å². The van der Waals surface area contributed by atoms with E-state index in [-0.39, 0.29) is 11.7 Å². The Morgan fingerprint density at radius 3 is 2.36 bits per heavy atom. The number of ketones is 1. The summed E-state index contributed by atoms with van der Waals surface area (Å²) in [6.45, 7) is 2.86. The van der Waals surface area contributed by atoms with Crippen molar-refractivity contribution in [3.63, 3.8) is 0 Å². The molecule has 1 aromatic heterocycles. The van der Waals surface area contributed by atoms with Crippen LogP contribution in [0.3, 0.4) is 0 Å². The van der Waals surface area contributed by atoms with Crippen molar-refractivity contribution in [2.75, 3.05) is 0 Å². The summed E-state index contributed by atoms with van der Waals surface area (Å²) in [4.78, 5) is 21.7. The zero-order chi connectivity index (χ0) is 8.43. The zero-order valence-electron chi connectivity index (χ0n) is 6.50. The van der Waals surface area contributed by atoms with Gasteiger partial charge in [0.15, 0.2) is 5.78 Å². The van der Waals surface area contributed by atoms with E-state index in [1.165, 1.54) is 18.4 Å². The molecular formula is C8H9NO2. The molecule has 0 fully saturated rings. The van der Waals surface area contributed by atoms with Gasteiger partial charge in [-0.1, -0.05) is 0 Å². The highest BCUT2D eigenvalue weighted by atomic mass is 16.2. The van der Waals surface area contributed by atoms with Crippen LogP contribution in [0.15, 0.2) is 18.3 Å². The number of nitrogens with zero attached hydrogens (tertiary/aromatic N) is 1. The highest BCUT2D eigenvalue weighted by molar-refractivity contribution is 5.96. The molecule has 0 atom stereocenters. The first-order valence-electron chi connectivity index (χ1n) is 3.32. The fourth-order valence-electron chi connectivity index (χ4n) is 0.942. The summed E-state index contributed by atoms with van der Waals surface area (Å²) in [5, 5.41) is 0. The summed E-state index contributed by atoms with van der Waals surface area (Å²) < 4.78 is 1.34. The van der Waals surface area contributed by atoms with Crippen LogP contribution in [0.2, 0.25) is 0 Å². The van der Waals surface area contributed by atoms with Gasteiger partial charge in [0.2, 0.25) is 5.91 Å². The predicted molar refractivity (Wildman–Crippen MR) is 40.7 cm³/mol. The maximum Gasteiger partial charge on any atom is 0.228 e. The molecule has 0 aliphatic rings. The standard InChI is InChI=1S/C8H9NO2/c1-6(10)8-4-3-5-9(8)7(2)11/h3-5H,1-2H3. The maximum atomic E-state index is 10.9. The van der Waals surface area contributed by atoms with Gasteiger partial charge < -0.3 is 0 Å². The van der Waals surface area contributed by atoms with Gasteiger partial charge in [0.25, 0.3) is 0 Å². The van der Waals surface area contributed by atoms with Crippen LogP contribution in [-0.2, 0) is 0 Å². The second kappa shape index (κ2) is 2.70. The van der Waals surface area contributed by atoms with Crippen LogP contribution in [0, 0.1) is 0 Å². The van der Waals surface area contributed by atoms with Crippen LogP contribution in [0.25, 0.3) is 0 Å². The average Bonchev–Trinajstić information content (AvgIpc) is 2.32. The van der Waals surface area contributed by atoms with E-state index in [1.54, 1.807) is 18.3 Å². The molecule has 58 valence electrons. The molecule has 0 aliphatic heterocycles. The van der Waals surface area contributed by atoms with Gasteiger partial charge in [0, 0.05) is 20.0 Å². The van der Waals surface area contributed by atoms with Gasteiger partial charge >= 0.3 is 0 Å². The molecule has 0 saturated heterocycles. The molecule has 0 amide bonds. The maximum absolute atomic E-state index is 10.9. The summed E-state index contributed by atoms with van der Waals surface area (Å²) >= 11 is 0. The quantitative estimate of drug-likeness (QED) is 0.568. The molecule has 1 rings (SSSR count). The van der Waals surface area contributed by atoms with Gasteiger partial charge in [-0.05, 0) is 12.1 Å². The summed E-state index contributed by atoms with van der Waals surface area (Å²) in [5.74, 6) is -0.231. The highest BCUT2D eigenvalue weighted by Gasteiger charge is 2.07. The van der Waals surface area contributed by atoms with Crippen molar-refractivity contribution in [3.8, 4) is 0 Å². The van der Waals surface area contributed by atoms with E-state index in [4.69, 9.17) is 0 Å². The first-order valence-corrected chi connectivity index (χ1v) is 3.32. The molecule has 0 spiro atoms. The molecule has 3 nitrogen and oxygen atoms in total. The minimum Gasteiger partial charge on any atom is -0.293 e. The number of aromatic nitrogens is 1. The lowest BCUT2D eigenvalue weighted by Crippen LogP contribution is -2.10. The molecule has 1 heterocycles. The van der Waals surface area contributed by atoms with Crippen LogP contribution in [0.5, 0.6) is 0 Å². The van der Waals surface area contributed by atoms with Crippen LogP contribution >= 0.6 is 0 Å². The summed E-state index contributed by atoms with van der Waals surface area (Å²) in [6, 6.07) is 3.31. The molecular weight excluding hydrogens is 142 g/mol. The Morgan fingerprint density at radius 2 is 2.00 bits per heavy atom. The summed E-state index contributed by atoms with van der Waals surface area (Å²) in [7, 11) is 0. The third-order valence-corrected chi connectivity index (χ3v) is 1.45. The molecule has 0 bridgehead atoms. The summed E-state index contributed by atoms with van der Waals surface area (Å²) in [6.07, 6.45) is 1.58. The van der Waals surface area contributed by atoms with Gasteiger partial charge in [-0.2, -0.15) is 0 Å². The van der Waals surface area contributed by atoms with E-state index < -0.39 is 0 Å².